The smallest absolute Gasteiger partial charge is 0.191 e. The first-order valence-electron chi connectivity index (χ1n) is 8.87. The van der Waals surface area contributed by atoms with E-state index in [4.69, 9.17) is 4.74 Å². The van der Waals surface area contributed by atoms with Crippen molar-refractivity contribution in [3.05, 3.63) is 16.1 Å². The number of aliphatic imine (C=N–C) groups is 1. The standard InChI is InChI=1S/C17H31N5OS/c1-4-15-13-20-16(24-15)5-8-19-17(18-2)21-14-6-9-22(10-7-14)11-12-23-3/h13-14H,4-12H2,1-3H3,(H2,18,19,21). The van der Waals surface area contributed by atoms with Crippen LogP contribution in [-0.4, -0.2) is 68.8 Å². The second-order valence-electron chi connectivity index (χ2n) is 6.08. The lowest BCUT2D eigenvalue weighted by atomic mass is 10.1. The Morgan fingerprint density at radius 2 is 2.25 bits per heavy atom. The molecule has 2 heterocycles. The van der Waals surface area contributed by atoms with Crippen LogP contribution in [0.25, 0.3) is 0 Å². The number of hydrogen-bond acceptors (Lipinski definition) is 5. The lowest BCUT2D eigenvalue weighted by molar-refractivity contribution is 0.128. The third-order valence-corrected chi connectivity index (χ3v) is 5.55. The Morgan fingerprint density at radius 1 is 1.46 bits per heavy atom. The summed E-state index contributed by atoms with van der Waals surface area (Å²) in [5.74, 6) is 0.901. The molecule has 2 N–H and O–H groups in total. The fourth-order valence-corrected chi connectivity index (χ4v) is 3.69. The third-order valence-electron chi connectivity index (χ3n) is 4.34. The molecule has 0 aromatic carbocycles. The SMILES string of the molecule is CCc1cnc(CCNC(=NC)NC2CCN(CCOC)CC2)s1. The highest BCUT2D eigenvalue weighted by Gasteiger charge is 2.19. The van der Waals surface area contributed by atoms with Crippen molar-refractivity contribution in [3.63, 3.8) is 0 Å². The summed E-state index contributed by atoms with van der Waals surface area (Å²) < 4.78 is 5.15. The molecule has 1 aromatic rings. The number of aryl methyl sites for hydroxylation is 1. The number of methoxy groups -OCH3 is 1. The van der Waals surface area contributed by atoms with Crippen molar-refractivity contribution in [3.8, 4) is 0 Å². The number of aromatic nitrogens is 1. The van der Waals surface area contributed by atoms with E-state index in [0.29, 0.717) is 6.04 Å². The second kappa shape index (κ2) is 10.6. The number of thiazole rings is 1. The van der Waals surface area contributed by atoms with Gasteiger partial charge in [-0.05, 0) is 19.3 Å². The number of rotatable bonds is 8. The van der Waals surface area contributed by atoms with Gasteiger partial charge in [0.2, 0.25) is 0 Å². The molecule has 0 atom stereocenters. The summed E-state index contributed by atoms with van der Waals surface area (Å²) in [6.07, 6.45) is 6.30. The normalized spacial score (nSPS) is 17.2. The van der Waals surface area contributed by atoms with Crippen LogP contribution in [0.1, 0.15) is 29.7 Å². The maximum atomic E-state index is 5.15. The van der Waals surface area contributed by atoms with E-state index in [1.54, 1.807) is 7.11 Å². The van der Waals surface area contributed by atoms with Crippen LogP contribution in [0.4, 0.5) is 0 Å². The zero-order valence-electron chi connectivity index (χ0n) is 15.2. The Kier molecular flexibility index (Phi) is 8.49. The zero-order chi connectivity index (χ0) is 17.2. The monoisotopic (exact) mass is 353 g/mol. The molecule has 7 heteroatoms. The van der Waals surface area contributed by atoms with Crippen LogP contribution in [0.2, 0.25) is 0 Å². The molecule has 1 saturated heterocycles. The van der Waals surface area contributed by atoms with Gasteiger partial charge < -0.3 is 20.3 Å². The number of guanidine groups is 1. The van der Waals surface area contributed by atoms with Crippen molar-refractivity contribution < 1.29 is 4.74 Å². The molecule has 6 nitrogen and oxygen atoms in total. The fraction of sp³-hybridized carbons (Fsp3) is 0.765. The summed E-state index contributed by atoms with van der Waals surface area (Å²) in [7, 11) is 3.60. The average molecular weight is 354 g/mol. The van der Waals surface area contributed by atoms with E-state index in [9.17, 15) is 0 Å². The molecule has 0 saturated carbocycles. The molecule has 24 heavy (non-hydrogen) atoms. The van der Waals surface area contributed by atoms with E-state index in [2.05, 4.69) is 32.4 Å². The van der Waals surface area contributed by atoms with Crippen LogP contribution >= 0.6 is 11.3 Å². The molecule has 2 rings (SSSR count). The number of ether oxygens (including phenoxy) is 1. The number of hydrogen-bond donors (Lipinski definition) is 2. The molecule has 0 spiro atoms. The molecule has 1 aliphatic heterocycles. The van der Waals surface area contributed by atoms with Crippen molar-refractivity contribution >= 4 is 17.3 Å². The molecular formula is C17H31N5OS. The molecule has 0 radical (unpaired) electrons. The van der Waals surface area contributed by atoms with Gasteiger partial charge in [-0.15, -0.1) is 11.3 Å². The van der Waals surface area contributed by atoms with Gasteiger partial charge in [0.25, 0.3) is 0 Å². The topological polar surface area (TPSA) is 61.8 Å². The summed E-state index contributed by atoms with van der Waals surface area (Å²) in [6.45, 7) is 7.13. The van der Waals surface area contributed by atoms with E-state index >= 15 is 0 Å². The van der Waals surface area contributed by atoms with Gasteiger partial charge in [0.15, 0.2) is 5.96 Å². The van der Waals surface area contributed by atoms with Crippen LogP contribution in [-0.2, 0) is 17.6 Å². The van der Waals surface area contributed by atoms with Crippen molar-refractivity contribution in [2.45, 2.75) is 38.6 Å². The molecule has 0 unspecified atom stereocenters. The first-order chi connectivity index (χ1) is 11.7. The number of likely N-dealkylation sites (tertiary alicyclic amines) is 1. The Hall–Kier alpha value is -1.18. The van der Waals surface area contributed by atoms with Crippen molar-refractivity contribution in [2.75, 3.05) is 46.9 Å². The molecule has 136 valence electrons. The van der Waals surface area contributed by atoms with Crippen LogP contribution in [0.5, 0.6) is 0 Å². The summed E-state index contributed by atoms with van der Waals surface area (Å²) in [4.78, 5) is 12.6. The van der Waals surface area contributed by atoms with Gasteiger partial charge in [-0.3, -0.25) is 4.99 Å². The molecule has 0 bridgehead atoms. The molecule has 1 fully saturated rings. The Balaban J connectivity index is 1.65. The fourth-order valence-electron chi connectivity index (χ4n) is 2.82. The largest absolute Gasteiger partial charge is 0.383 e. The Labute approximate surface area is 149 Å². The van der Waals surface area contributed by atoms with E-state index in [-0.39, 0.29) is 0 Å². The maximum Gasteiger partial charge on any atom is 0.191 e. The second-order valence-corrected chi connectivity index (χ2v) is 7.28. The summed E-state index contributed by atoms with van der Waals surface area (Å²) in [5, 5.41) is 8.15. The number of nitrogens with one attached hydrogen (secondary N) is 2. The molecule has 0 amide bonds. The van der Waals surface area contributed by atoms with Crippen LogP contribution in [0.15, 0.2) is 11.2 Å². The van der Waals surface area contributed by atoms with Gasteiger partial charge in [0, 0.05) is 63.9 Å². The van der Waals surface area contributed by atoms with Gasteiger partial charge in [-0.1, -0.05) is 6.92 Å². The minimum atomic E-state index is 0.501. The molecule has 0 aliphatic carbocycles. The van der Waals surface area contributed by atoms with Crippen molar-refractivity contribution in [1.82, 2.24) is 20.5 Å². The summed E-state index contributed by atoms with van der Waals surface area (Å²) in [6, 6.07) is 0.501. The molecule has 1 aromatic heterocycles. The minimum Gasteiger partial charge on any atom is -0.383 e. The van der Waals surface area contributed by atoms with Crippen LogP contribution in [0.3, 0.4) is 0 Å². The van der Waals surface area contributed by atoms with E-state index in [0.717, 1.165) is 64.4 Å². The lowest BCUT2D eigenvalue weighted by Gasteiger charge is -2.32. The van der Waals surface area contributed by atoms with Crippen LogP contribution in [0, 0.1) is 0 Å². The van der Waals surface area contributed by atoms with Gasteiger partial charge in [-0.2, -0.15) is 0 Å². The predicted octanol–water partition coefficient (Wildman–Crippen LogP) is 1.52. The highest BCUT2D eigenvalue weighted by Crippen LogP contribution is 2.13. The van der Waals surface area contributed by atoms with Crippen molar-refractivity contribution in [2.24, 2.45) is 4.99 Å². The van der Waals surface area contributed by atoms with Gasteiger partial charge in [0.1, 0.15) is 0 Å². The van der Waals surface area contributed by atoms with Gasteiger partial charge in [-0.25, -0.2) is 4.98 Å². The highest BCUT2D eigenvalue weighted by molar-refractivity contribution is 7.11. The Bertz CT molecular complexity index is 497. The van der Waals surface area contributed by atoms with Gasteiger partial charge >= 0.3 is 0 Å². The van der Waals surface area contributed by atoms with E-state index < -0.39 is 0 Å². The highest BCUT2D eigenvalue weighted by atomic mass is 32.1. The average Bonchev–Trinajstić information content (AvgIpc) is 3.08. The first-order valence-corrected chi connectivity index (χ1v) is 9.68. The molecule has 1 aliphatic rings. The van der Waals surface area contributed by atoms with E-state index in [1.165, 1.54) is 9.88 Å². The predicted molar refractivity (Wildman–Crippen MR) is 101 cm³/mol. The maximum absolute atomic E-state index is 5.15. The number of piperidine rings is 1. The van der Waals surface area contributed by atoms with Crippen LogP contribution < -0.4 is 10.6 Å². The van der Waals surface area contributed by atoms with Crippen molar-refractivity contribution in [1.29, 1.82) is 0 Å². The van der Waals surface area contributed by atoms with Gasteiger partial charge in [0.05, 0.1) is 11.6 Å². The quantitative estimate of drug-likeness (QED) is 0.548. The summed E-state index contributed by atoms with van der Waals surface area (Å²) in [5.41, 5.74) is 0. The first kappa shape index (κ1) is 19.1. The summed E-state index contributed by atoms with van der Waals surface area (Å²) >= 11 is 1.81. The molecular weight excluding hydrogens is 322 g/mol. The lowest BCUT2D eigenvalue weighted by Crippen LogP contribution is -2.49. The minimum absolute atomic E-state index is 0.501. The van der Waals surface area contributed by atoms with E-state index in [1.807, 2.05) is 24.6 Å². The zero-order valence-corrected chi connectivity index (χ0v) is 16.0. The third kappa shape index (κ3) is 6.37. The Morgan fingerprint density at radius 3 is 2.88 bits per heavy atom. The number of nitrogens with zero attached hydrogens (tertiary/aromatic N) is 3.